The Kier molecular flexibility index (Phi) is 3.79. The molecule has 0 saturated carbocycles. The number of hydrogen-bond acceptors (Lipinski definition) is 5. The van der Waals surface area contributed by atoms with Gasteiger partial charge in [-0.25, -0.2) is 9.78 Å². The fraction of sp³-hybridized carbons (Fsp3) is 0.133. The molecule has 1 aromatic carbocycles. The molecule has 0 aliphatic heterocycles. The molecule has 0 aliphatic rings. The van der Waals surface area contributed by atoms with Crippen LogP contribution in [0.5, 0.6) is 0 Å². The first-order valence-corrected chi connectivity index (χ1v) is 7.37. The second kappa shape index (κ2) is 5.88. The van der Waals surface area contributed by atoms with Gasteiger partial charge in [-0.2, -0.15) is 0 Å². The van der Waals surface area contributed by atoms with E-state index in [4.69, 9.17) is 5.11 Å². The minimum atomic E-state index is -1.00. The van der Waals surface area contributed by atoms with E-state index in [1.165, 1.54) is 16.7 Å². The molecule has 3 rings (SSSR count). The molecule has 0 bridgehead atoms. The number of carbonyl (C=O) groups is 1. The lowest BCUT2D eigenvalue weighted by Gasteiger charge is -2.06. The number of aromatic carboxylic acids is 1. The molecule has 0 atom stereocenters. The van der Waals surface area contributed by atoms with Crippen LogP contribution < -0.4 is 5.32 Å². The molecule has 0 unspecified atom stereocenters. The SMILES string of the molecule is O=C(O)c1csc(NCCc2cccc3cccnc23)n1. The van der Waals surface area contributed by atoms with Crippen molar-refractivity contribution in [2.45, 2.75) is 6.42 Å². The minimum Gasteiger partial charge on any atom is -0.476 e. The quantitative estimate of drug-likeness (QED) is 0.757. The van der Waals surface area contributed by atoms with Gasteiger partial charge in [-0.1, -0.05) is 24.3 Å². The van der Waals surface area contributed by atoms with Gasteiger partial charge in [0.15, 0.2) is 10.8 Å². The zero-order valence-electron chi connectivity index (χ0n) is 11.1. The maximum absolute atomic E-state index is 10.8. The number of anilines is 1. The van der Waals surface area contributed by atoms with Crippen LogP contribution in [0.3, 0.4) is 0 Å². The molecule has 5 nitrogen and oxygen atoms in total. The van der Waals surface area contributed by atoms with E-state index in [1.807, 2.05) is 24.3 Å². The summed E-state index contributed by atoms with van der Waals surface area (Å²) in [5.41, 5.74) is 2.25. The smallest absolute Gasteiger partial charge is 0.355 e. The third-order valence-corrected chi connectivity index (χ3v) is 3.91. The largest absolute Gasteiger partial charge is 0.476 e. The van der Waals surface area contributed by atoms with Gasteiger partial charge in [0.1, 0.15) is 0 Å². The van der Waals surface area contributed by atoms with Crippen molar-refractivity contribution in [3.8, 4) is 0 Å². The van der Waals surface area contributed by atoms with E-state index in [-0.39, 0.29) is 5.69 Å². The van der Waals surface area contributed by atoms with Crippen LogP contribution in [0.1, 0.15) is 16.1 Å². The van der Waals surface area contributed by atoms with E-state index in [9.17, 15) is 4.79 Å². The predicted octanol–water partition coefficient (Wildman–Crippen LogP) is 3.04. The van der Waals surface area contributed by atoms with Gasteiger partial charge in [-0.3, -0.25) is 4.98 Å². The second-order valence-electron chi connectivity index (χ2n) is 4.51. The number of carboxylic acid groups (broad SMARTS) is 1. The lowest BCUT2D eigenvalue weighted by molar-refractivity contribution is 0.0691. The van der Waals surface area contributed by atoms with Crippen LogP contribution >= 0.6 is 11.3 Å². The molecule has 21 heavy (non-hydrogen) atoms. The molecule has 2 aromatic heterocycles. The van der Waals surface area contributed by atoms with Crippen molar-refractivity contribution in [3.63, 3.8) is 0 Å². The van der Waals surface area contributed by atoms with Gasteiger partial charge in [0.05, 0.1) is 5.52 Å². The summed E-state index contributed by atoms with van der Waals surface area (Å²) in [5.74, 6) is -1.00. The molecular weight excluding hydrogens is 286 g/mol. The lowest BCUT2D eigenvalue weighted by atomic mass is 10.1. The molecule has 0 aliphatic carbocycles. The number of fused-ring (bicyclic) bond motifs is 1. The zero-order valence-corrected chi connectivity index (χ0v) is 11.9. The van der Waals surface area contributed by atoms with Crippen molar-refractivity contribution < 1.29 is 9.90 Å². The Balaban J connectivity index is 1.68. The first-order valence-electron chi connectivity index (χ1n) is 6.49. The Labute approximate surface area is 125 Å². The molecule has 0 radical (unpaired) electrons. The van der Waals surface area contributed by atoms with Crippen molar-refractivity contribution in [1.29, 1.82) is 0 Å². The summed E-state index contributed by atoms with van der Waals surface area (Å²) in [6.45, 7) is 0.683. The van der Waals surface area contributed by atoms with Crippen LogP contribution in [0.25, 0.3) is 10.9 Å². The molecule has 2 N–H and O–H groups in total. The van der Waals surface area contributed by atoms with E-state index in [2.05, 4.69) is 21.4 Å². The molecule has 2 heterocycles. The van der Waals surface area contributed by atoms with Gasteiger partial charge in [0.25, 0.3) is 0 Å². The number of carboxylic acids is 1. The van der Waals surface area contributed by atoms with Crippen molar-refractivity contribution in [2.24, 2.45) is 0 Å². The number of nitrogens with one attached hydrogen (secondary N) is 1. The van der Waals surface area contributed by atoms with E-state index in [0.717, 1.165) is 22.9 Å². The second-order valence-corrected chi connectivity index (χ2v) is 5.37. The molecule has 3 aromatic rings. The molecular formula is C15H13N3O2S. The Bertz CT molecular complexity index is 780. The topological polar surface area (TPSA) is 75.1 Å². The van der Waals surface area contributed by atoms with E-state index >= 15 is 0 Å². The first-order chi connectivity index (χ1) is 10.2. The number of thiazole rings is 1. The maximum atomic E-state index is 10.8. The van der Waals surface area contributed by atoms with Crippen LogP contribution in [-0.4, -0.2) is 27.6 Å². The number of rotatable bonds is 5. The number of benzene rings is 1. The number of nitrogens with zero attached hydrogens (tertiary/aromatic N) is 2. The van der Waals surface area contributed by atoms with E-state index in [0.29, 0.717) is 11.7 Å². The highest BCUT2D eigenvalue weighted by molar-refractivity contribution is 7.13. The van der Waals surface area contributed by atoms with Crippen molar-refractivity contribution >= 4 is 33.3 Å². The number of para-hydroxylation sites is 1. The summed E-state index contributed by atoms with van der Waals surface area (Å²) in [6, 6.07) is 10.1. The normalized spacial score (nSPS) is 10.7. The van der Waals surface area contributed by atoms with Gasteiger partial charge < -0.3 is 10.4 Å². The average Bonchev–Trinajstić information content (AvgIpc) is 2.97. The van der Waals surface area contributed by atoms with Crippen LogP contribution in [-0.2, 0) is 6.42 Å². The summed E-state index contributed by atoms with van der Waals surface area (Å²) < 4.78 is 0. The highest BCUT2D eigenvalue weighted by atomic mass is 32.1. The van der Waals surface area contributed by atoms with Gasteiger partial charge in [-0.05, 0) is 18.1 Å². The Morgan fingerprint density at radius 2 is 2.14 bits per heavy atom. The fourth-order valence-corrected chi connectivity index (χ4v) is 2.84. The Hall–Kier alpha value is -2.47. The van der Waals surface area contributed by atoms with E-state index < -0.39 is 5.97 Å². The minimum absolute atomic E-state index is 0.0781. The van der Waals surface area contributed by atoms with Crippen molar-refractivity contribution in [2.75, 3.05) is 11.9 Å². The Morgan fingerprint density at radius 1 is 1.29 bits per heavy atom. The highest BCUT2D eigenvalue weighted by Crippen LogP contribution is 2.18. The van der Waals surface area contributed by atoms with Crippen molar-refractivity contribution in [1.82, 2.24) is 9.97 Å². The first kappa shape index (κ1) is 13.5. The molecule has 6 heteroatoms. The molecule has 0 saturated heterocycles. The summed E-state index contributed by atoms with van der Waals surface area (Å²) in [7, 11) is 0. The summed E-state index contributed by atoms with van der Waals surface area (Å²) >= 11 is 1.30. The van der Waals surface area contributed by atoms with Crippen LogP contribution in [0.15, 0.2) is 41.9 Å². The maximum Gasteiger partial charge on any atom is 0.355 e. The standard InChI is InChI=1S/C15H13N3O2S/c19-14(20)12-9-21-15(18-12)17-8-6-11-4-1-3-10-5-2-7-16-13(10)11/h1-5,7,9H,6,8H2,(H,17,18)(H,19,20). The summed E-state index contributed by atoms with van der Waals surface area (Å²) in [4.78, 5) is 19.2. The van der Waals surface area contributed by atoms with Crippen LogP contribution in [0, 0.1) is 0 Å². The molecule has 0 amide bonds. The highest BCUT2D eigenvalue weighted by Gasteiger charge is 2.08. The number of pyridine rings is 1. The predicted molar refractivity (Wildman–Crippen MR) is 83.0 cm³/mol. The molecule has 106 valence electrons. The monoisotopic (exact) mass is 299 g/mol. The van der Waals surface area contributed by atoms with Gasteiger partial charge in [-0.15, -0.1) is 11.3 Å². The fourth-order valence-electron chi connectivity index (χ4n) is 2.13. The van der Waals surface area contributed by atoms with Gasteiger partial charge >= 0.3 is 5.97 Å². The molecule has 0 fully saturated rings. The third-order valence-electron chi connectivity index (χ3n) is 3.11. The lowest BCUT2D eigenvalue weighted by Crippen LogP contribution is -2.06. The average molecular weight is 299 g/mol. The number of hydrogen-bond donors (Lipinski definition) is 2. The van der Waals surface area contributed by atoms with E-state index in [1.54, 1.807) is 6.20 Å². The molecule has 0 spiro atoms. The van der Waals surface area contributed by atoms with Crippen LogP contribution in [0.2, 0.25) is 0 Å². The summed E-state index contributed by atoms with van der Waals surface area (Å²) in [6.07, 6.45) is 2.59. The zero-order chi connectivity index (χ0) is 14.7. The van der Waals surface area contributed by atoms with Crippen molar-refractivity contribution in [3.05, 3.63) is 53.2 Å². The van der Waals surface area contributed by atoms with Gasteiger partial charge in [0, 0.05) is 23.5 Å². The summed E-state index contributed by atoms with van der Waals surface area (Å²) in [5, 5.41) is 15.3. The number of aromatic nitrogens is 2. The Morgan fingerprint density at radius 3 is 2.95 bits per heavy atom. The van der Waals surface area contributed by atoms with Crippen LogP contribution in [0.4, 0.5) is 5.13 Å². The van der Waals surface area contributed by atoms with Gasteiger partial charge in [0.2, 0.25) is 0 Å². The third kappa shape index (κ3) is 3.00.